The Hall–Kier alpha value is -2.29. The first-order valence-corrected chi connectivity index (χ1v) is 8.06. The smallest absolute Gasteiger partial charge is 0.271 e. The van der Waals surface area contributed by atoms with Crippen molar-refractivity contribution in [2.24, 2.45) is 5.10 Å². The first-order valence-electron chi connectivity index (χ1n) is 6.98. The molecule has 0 aromatic heterocycles. The lowest BCUT2D eigenvalue weighted by molar-refractivity contribution is 0.0954. The maximum absolute atomic E-state index is 12.3. The van der Waals surface area contributed by atoms with E-state index in [-0.39, 0.29) is 5.91 Å². The molecule has 0 unspecified atom stereocenters. The summed E-state index contributed by atoms with van der Waals surface area (Å²) in [5.41, 5.74) is 3.76. The number of nitrogens with zero attached hydrogens (tertiary/aromatic N) is 1. The van der Waals surface area contributed by atoms with E-state index in [9.17, 15) is 4.79 Å². The van der Waals surface area contributed by atoms with E-state index in [1.54, 1.807) is 18.3 Å². The fraction of sp³-hybridized carbons (Fsp3) is 0.176. The van der Waals surface area contributed by atoms with Gasteiger partial charge in [-0.2, -0.15) is 5.10 Å². The molecule has 2 aromatic carbocycles. The van der Waals surface area contributed by atoms with Crippen molar-refractivity contribution in [3.05, 3.63) is 51.1 Å². The van der Waals surface area contributed by atoms with Crippen LogP contribution in [0, 0.1) is 3.57 Å². The summed E-state index contributed by atoms with van der Waals surface area (Å²) < 4.78 is 16.7. The number of hydrogen-bond donors (Lipinski definition) is 1. The highest BCUT2D eigenvalue weighted by atomic mass is 127. The Balaban J connectivity index is 2.19. The SMILES string of the molecule is COc1cc(C(=O)NN=Cc2ccccc2I)cc(OC)c1OC. The molecule has 0 saturated heterocycles. The predicted molar refractivity (Wildman–Crippen MR) is 100 cm³/mol. The molecular weight excluding hydrogens is 423 g/mol. The average molecular weight is 440 g/mol. The topological polar surface area (TPSA) is 69.2 Å². The van der Waals surface area contributed by atoms with Gasteiger partial charge in [0, 0.05) is 14.7 Å². The summed E-state index contributed by atoms with van der Waals surface area (Å²) in [4.78, 5) is 12.3. The molecule has 0 aliphatic rings. The van der Waals surface area contributed by atoms with Gasteiger partial charge in [0.1, 0.15) is 0 Å². The van der Waals surface area contributed by atoms with Crippen LogP contribution in [-0.4, -0.2) is 33.5 Å². The third-order valence-electron chi connectivity index (χ3n) is 3.20. The Morgan fingerprint density at radius 1 is 1.08 bits per heavy atom. The highest BCUT2D eigenvalue weighted by molar-refractivity contribution is 14.1. The van der Waals surface area contributed by atoms with Gasteiger partial charge in [-0.1, -0.05) is 18.2 Å². The molecule has 0 heterocycles. The standard InChI is InChI=1S/C17H17IN2O4/c1-22-14-8-12(9-15(23-2)16(14)24-3)17(21)20-19-10-11-6-4-5-7-13(11)18/h4-10H,1-3H3,(H,20,21). The van der Waals surface area contributed by atoms with Gasteiger partial charge in [0.25, 0.3) is 5.91 Å². The van der Waals surface area contributed by atoms with Gasteiger partial charge in [0.15, 0.2) is 11.5 Å². The zero-order valence-corrected chi connectivity index (χ0v) is 15.7. The van der Waals surface area contributed by atoms with E-state index >= 15 is 0 Å². The molecule has 0 aliphatic carbocycles. The molecule has 6 nitrogen and oxygen atoms in total. The lowest BCUT2D eigenvalue weighted by atomic mass is 10.1. The van der Waals surface area contributed by atoms with Crippen LogP contribution in [0.4, 0.5) is 0 Å². The molecule has 0 aliphatic heterocycles. The van der Waals surface area contributed by atoms with Gasteiger partial charge in [-0.25, -0.2) is 5.43 Å². The van der Waals surface area contributed by atoms with Crippen molar-refractivity contribution in [2.75, 3.05) is 21.3 Å². The minimum Gasteiger partial charge on any atom is -0.493 e. The van der Waals surface area contributed by atoms with Crippen molar-refractivity contribution in [1.29, 1.82) is 0 Å². The van der Waals surface area contributed by atoms with E-state index < -0.39 is 0 Å². The number of rotatable bonds is 6. The molecule has 0 saturated carbocycles. The molecule has 2 rings (SSSR count). The Morgan fingerprint density at radius 3 is 2.25 bits per heavy atom. The van der Waals surface area contributed by atoms with Crippen molar-refractivity contribution in [2.45, 2.75) is 0 Å². The van der Waals surface area contributed by atoms with E-state index in [1.807, 2.05) is 24.3 Å². The summed E-state index contributed by atoms with van der Waals surface area (Å²) >= 11 is 2.20. The third kappa shape index (κ3) is 4.16. The molecule has 0 radical (unpaired) electrons. The van der Waals surface area contributed by atoms with Crippen LogP contribution in [0.25, 0.3) is 0 Å². The number of halogens is 1. The highest BCUT2D eigenvalue weighted by Crippen LogP contribution is 2.38. The number of nitrogens with one attached hydrogen (secondary N) is 1. The molecule has 2 aromatic rings. The van der Waals surface area contributed by atoms with E-state index in [2.05, 4.69) is 33.1 Å². The lowest BCUT2D eigenvalue weighted by Crippen LogP contribution is -2.18. The Labute approximate surface area is 153 Å². The summed E-state index contributed by atoms with van der Waals surface area (Å²) in [6.07, 6.45) is 1.59. The molecule has 0 spiro atoms. The van der Waals surface area contributed by atoms with Crippen LogP contribution in [0.2, 0.25) is 0 Å². The summed E-state index contributed by atoms with van der Waals surface area (Å²) in [7, 11) is 4.49. The van der Waals surface area contributed by atoms with Crippen molar-refractivity contribution in [1.82, 2.24) is 5.43 Å². The summed E-state index contributed by atoms with van der Waals surface area (Å²) in [5.74, 6) is 0.863. The van der Waals surface area contributed by atoms with Gasteiger partial charge in [0.2, 0.25) is 5.75 Å². The maximum Gasteiger partial charge on any atom is 0.271 e. The number of amides is 1. The average Bonchev–Trinajstić information content (AvgIpc) is 2.61. The van der Waals surface area contributed by atoms with Crippen LogP contribution in [0.15, 0.2) is 41.5 Å². The summed E-state index contributed by atoms with van der Waals surface area (Å²) in [5, 5.41) is 3.99. The number of hydrogen-bond acceptors (Lipinski definition) is 5. The van der Waals surface area contributed by atoms with E-state index in [0.29, 0.717) is 22.8 Å². The van der Waals surface area contributed by atoms with Crippen molar-refractivity contribution >= 4 is 34.7 Å². The van der Waals surface area contributed by atoms with Crippen molar-refractivity contribution in [3.63, 3.8) is 0 Å². The Kier molecular flexibility index (Phi) is 6.42. The second-order valence-corrected chi connectivity index (χ2v) is 5.80. The Bertz CT molecular complexity index is 737. The predicted octanol–water partition coefficient (Wildman–Crippen LogP) is 3.08. The van der Waals surface area contributed by atoms with Crippen LogP contribution in [0.1, 0.15) is 15.9 Å². The maximum atomic E-state index is 12.3. The number of methoxy groups -OCH3 is 3. The molecule has 1 amide bonds. The van der Waals surface area contributed by atoms with Gasteiger partial charge in [0.05, 0.1) is 27.5 Å². The van der Waals surface area contributed by atoms with E-state index in [0.717, 1.165) is 9.13 Å². The summed E-state index contributed by atoms with van der Waals surface area (Å²) in [6, 6.07) is 10.9. The van der Waals surface area contributed by atoms with Gasteiger partial charge in [-0.05, 0) is 40.8 Å². The molecule has 1 N–H and O–H groups in total. The zero-order chi connectivity index (χ0) is 17.5. The number of carbonyl (C=O) groups excluding carboxylic acids is 1. The zero-order valence-electron chi connectivity index (χ0n) is 13.5. The minimum absolute atomic E-state index is 0.351. The van der Waals surface area contributed by atoms with Gasteiger partial charge in [-0.15, -0.1) is 0 Å². The van der Waals surface area contributed by atoms with E-state index in [1.165, 1.54) is 21.3 Å². The quantitative estimate of drug-likeness (QED) is 0.426. The third-order valence-corrected chi connectivity index (χ3v) is 4.18. The number of carbonyl (C=O) groups is 1. The fourth-order valence-electron chi connectivity index (χ4n) is 2.02. The number of benzene rings is 2. The van der Waals surface area contributed by atoms with Crippen LogP contribution in [0.3, 0.4) is 0 Å². The number of ether oxygens (including phenoxy) is 3. The monoisotopic (exact) mass is 440 g/mol. The van der Waals surface area contributed by atoms with E-state index in [4.69, 9.17) is 14.2 Å². The fourth-order valence-corrected chi connectivity index (χ4v) is 2.54. The molecule has 0 atom stereocenters. The first kappa shape index (κ1) is 18.1. The van der Waals surface area contributed by atoms with Crippen LogP contribution < -0.4 is 19.6 Å². The summed E-state index contributed by atoms with van der Waals surface area (Å²) in [6.45, 7) is 0. The van der Waals surface area contributed by atoms with Crippen molar-refractivity contribution < 1.29 is 19.0 Å². The van der Waals surface area contributed by atoms with Crippen LogP contribution in [-0.2, 0) is 0 Å². The Morgan fingerprint density at radius 2 is 1.71 bits per heavy atom. The second-order valence-electron chi connectivity index (χ2n) is 4.63. The van der Waals surface area contributed by atoms with Crippen LogP contribution in [0.5, 0.6) is 17.2 Å². The van der Waals surface area contributed by atoms with Gasteiger partial charge >= 0.3 is 0 Å². The highest BCUT2D eigenvalue weighted by Gasteiger charge is 2.16. The van der Waals surface area contributed by atoms with Crippen molar-refractivity contribution in [3.8, 4) is 17.2 Å². The van der Waals surface area contributed by atoms with Gasteiger partial charge < -0.3 is 14.2 Å². The molecular formula is C17H17IN2O4. The van der Waals surface area contributed by atoms with Gasteiger partial charge in [-0.3, -0.25) is 4.79 Å². The molecule has 24 heavy (non-hydrogen) atoms. The second kappa shape index (κ2) is 8.53. The molecule has 0 fully saturated rings. The molecule has 0 bridgehead atoms. The molecule has 126 valence electrons. The minimum atomic E-state index is -0.378. The lowest BCUT2D eigenvalue weighted by Gasteiger charge is -2.13. The number of hydrazone groups is 1. The first-order chi connectivity index (χ1) is 11.6. The van der Waals surface area contributed by atoms with Crippen LogP contribution >= 0.6 is 22.6 Å². The molecule has 7 heteroatoms. The normalized spacial score (nSPS) is 10.5. The largest absolute Gasteiger partial charge is 0.493 e.